The Kier molecular flexibility index (Phi) is 2.46. The van der Waals surface area contributed by atoms with E-state index in [1.807, 2.05) is 13.8 Å². The van der Waals surface area contributed by atoms with Crippen molar-refractivity contribution in [2.75, 3.05) is 0 Å². The van der Waals surface area contributed by atoms with Gasteiger partial charge < -0.3 is 0 Å². The van der Waals surface area contributed by atoms with Gasteiger partial charge in [-0.2, -0.15) is 0 Å². The molecule has 0 aromatic heterocycles. The van der Waals surface area contributed by atoms with Crippen LogP contribution in [0, 0.1) is 11.8 Å². The molecule has 0 aromatic rings. The van der Waals surface area contributed by atoms with Crippen molar-refractivity contribution >= 4 is 11.6 Å². The van der Waals surface area contributed by atoms with Crippen LogP contribution >= 0.6 is 0 Å². The minimum Gasteiger partial charge on any atom is -0.290 e. The van der Waals surface area contributed by atoms with E-state index in [4.69, 9.17) is 0 Å². The van der Waals surface area contributed by atoms with Crippen LogP contribution in [0.15, 0.2) is 12.2 Å². The monoisotopic (exact) mass is 166 g/mol. The van der Waals surface area contributed by atoms with E-state index in [-0.39, 0.29) is 23.4 Å². The van der Waals surface area contributed by atoms with Crippen molar-refractivity contribution in [2.24, 2.45) is 11.8 Å². The average molecular weight is 166 g/mol. The van der Waals surface area contributed by atoms with Gasteiger partial charge in [-0.1, -0.05) is 20.4 Å². The third-order valence-corrected chi connectivity index (χ3v) is 2.67. The second kappa shape index (κ2) is 3.21. The highest BCUT2D eigenvalue weighted by molar-refractivity contribution is 6.46. The molecule has 0 saturated heterocycles. The molecule has 0 aliphatic heterocycles. The van der Waals surface area contributed by atoms with Gasteiger partial charge >= 0.3 is 0 Å². The van der Waals surface area contributed by atoms with Gasteiger partial charge in [0.15, 0.2) is 0 Å². The second-order valence-electron chi connectivity index (χ2n) is 3.25. The predicted molar refractivity (Wildman–Crippen MR) is 46.7 cm³/mol. The summed E-state index contributed by atoms with van der Waals surface area (Å²) in [5.74, 6) is -0.548. The average Bonchev–Trinajstić information content (AvgIpc) is 2.29. The lowest BCUT2D eigenvalue weighted by Gasteiger charge is -2.12. The normalized spacial score (nSPS) is 30.0. The SMILES string of the molecule is C=C1C(=O)C(=O)C(CC)C1CC. The van der Waals surface area contributed by atoms with Gasteiger partial charge in [-0.3, -0.25) is 9.59 Å². The summed E-state index contributed by atoms with van der Waals surface area (Å²) < 4.78 is 0. The molecule has 0 N–H and O–H groups in total. The fourth-order valence-corrected chi connectivity index (χ4v) is 1.92. The van der Waals surface area contributed by atoms with Crippen LogP contribution in [0.2, 0.25) is 0 Å². The molecule has 1 aliphatic carbocycles. The molecule has 66 valence electrons. The van der Waals surface area contributed by atoms with Crippen molar-refractivity contribution in [1.82, 2.24) is 0 Å². The molecule has 1 aliphatic rings. The van der Waals surface area contributed by atoms with Gasteiger partial charge in [0, 0.05) is 5.92 Å². The molecule has 1 fully saturated rings. The molecule has 0 heterocycles. The molecular weight excluding hydrogens is 152 g/mol. The molecular formula is C10H14O2. The molecule has 12 heavy (non-hydrogen) atoms. The van der Waals surface area contributed by atoms with Crippen LogP contribution in [-0.2, 0) is 9.59 Å². The number of rotatable bonds is 2. The Morgan fingerprint density at radius 2 is 1.67 bits per heavy atom. The molecule has 2 atom stereocenters. The van der Waals surface area contributed by atoms with Crippen LogP contribution in [0.4, 0.5) is 0 Å². The first-order valence-electron chi connectivity index (χ1n) is 4.40. The smallest absolute Gasteiger partial charge is 0.224 e. The van der Waals surface area contributed by atoms with Gasteiger partial charge in [-0.15, -0.1) is 0 Å². The van der Waals surface area contributed by atoms with E-state index < -0.39 is 0 Å². The zero-order chi connectivity index (χ0) is 9.30. The molecule has 0 radical (unpaired) electrons. The molecule has 0 spiro atoms. The van der Waals surface area contributed by atoms with Crippen LogP contribution in [0.5, 0.6) is 0 Å². The molecule has 0 amide bonds. The summed E-state index contributed by atoms with van der Waals surface area (Å²) in [6, 6.07) is 0. The zero-order valence-electron chi connectivity index (χ0n) is 7.59. The lowest BCUT2D eigenvalue weighted by atomic mass is 9.89. The Balaban J connectivity index is 2.95. The number of hydrogen-bond donors (Lipinski definition) is 0. The first kappa shape index (κ1) is 9.17. The second-order valence-corrected chi connectivity index (χ2v) is 3.25. The number of carbonyl (C=O) groups excluding carboxylic acids is 2. The largest absolute Gasteiger partial charge is 0.290 e. The summed E-state index contributed by atoms with van der Waals surface area (Å²) in [4.78, 5) is 22.5. The first-order chi connectivity index (χ1) is 5.63. The lowest BCUT2D eigenvalue weighted by Crippen LogP contribution is -2.15. The number of hydrogen-bond acceptors (Lipinski definition) is 2. The highest BCUT2D eigenvalue weighted by Gasteiger charge is 2.41. The van der Waals surface area contributed by atoms with Crippen molar-refractivity contribution in [1.29, 1.82) is 0 Å². The number of Topliss-reactive ketones (excluding diaryl/α,β-unsaturated/α-hetero) is 2. The maximum Gasteiger partial charge on any atom is 0.224 e. The fourth-order valence-electron chi connectivity index (χ4n) is 1.92. The van der Waals surface area contributed by atoms with Crippen LogP contribution in [-0.4, -0.2) is 11.6 Å². The van der Waals surface area contributed by atoms with Crippen molar-refractivity contribution in [3.05, 3.63) is 12.2 Å². The maximum absolute atomic E-state index is 11.3. The molecule has 1 rings (SSSR count). The summed E-state index contributed by atoms with van der Waals surface area (Å²) in [5.41, 5.74) is 0.523. The van der Waals surface area contributed by atoms with E-state index in [9.17, 15) is 9.59 Å². The number of ketones is 2. The molecule has 2 unspecified atom stereocenters. The molecule has 2 heteroatoms. The maximum atomic E-state index is 11.3. The van der Waals surface area contributed by atoms with Gasteiger partial charge in [0.1, 0.15) is 0 Å². The van der Waals surface area contributed by atoms with E-state index >= 15 is 0 Å². The Labute approximate surface area is 72.7 Å². The van der Waals surface area contributed by atoms with Crippen LogP contribution in [0.1, 0.15) is 26.7 Å². The summed E-state index contributed by atoms with van der Waals surface area (Å²) in [7, 11) is 0. The molecule has 0 aromatic carbocycles. The fraction of sp³-hybridized carbons (Fsp3) is 0.600. The Morgan fingerprint density at radius 1 is 1.17 bits per heavy atom. The van der Waals surface area contributed by atoms with Crippen molar-refractivity contribution < 1.29 is 9.59 Å². The van der Waals surface area contributed by atoms with Crippen molar-refractivity contribution in [3.8, 4) is 0 Å². The Morgan fingerprint density at radius 3 is 2.00 bits per heavy atom. The minimum absolute atomic E-state index is 0.0880. The Hall–Kier alpha value is -0.920. The summed E-state index contributed by atoms with van der Waals surface area (Å²) in [6.07, 6.45) is 1.59. The van der Waals surface area contributed by atoms with Gasteiger partial charge in [0.25, 0.3) is 0 Å². The topological polar surface area (TPSA) is 34.1 Å². The van der Waals surface area contributed by atoms with E-state index in [0.29, 0.717) is 5.57 Å². The first-order valence-corrected chi connectivity index (χ1v) is 4.40. The van der Waals surface area contributed by atoms with Crippen molar-refractivity contribution in [3.63, 3.8) is 0 Å². The highest BCUT2D eigenvalue weighted by Crippen LogP contribution is 2.34. The van der Waals surface area contributed by atoms with Gasteiger partial charge in [-0.05, 0) is 24.3 Å². The number of allylic oxidation sites excluding steroid dienone is 1. The van der Waals surface area contributed by atoms with Crippen LogP contribution in [0.25, 0.3) is 0 Å². The summed E-state index contributed by atoms with van der Waals surface area (Å²) in [6.45, 7) is 7.60. The third-order valence-electron chi connectivity index (χ3n) is 2.67. The standard InChI is InChI=1S/C10H14O2/c1-4-7-6(3)9(11)10(12)8(7)5-2/h7-8H,3-5H2,1-2H3. The minimum atomic E-state index is -0.339. The van der Waals surface area contributed by atoms with Gasteiger partial charge in [0.05, 0.1) is 0 Å². The van der Waals surface area contributed by atoms with Gasteiger partial charge in [0.2, 0.25) is 11.6 Å². The third kappa shape index (κ3) is 1.11. The van der Waals surface area contributed by atoms with E-state index in [0.717, 1.165) is 12.8 Å². The zero-order valence-corrected chi connectivity index (χ0v) is 7.59. The van der Waals surface area contributed by atoms with E-state index in [1.165, 1.54) is 0 Å². The summed E-state index contributed by atoms with van der Waals surface area (Å²) in [5, 5.41) is 0. The highest BCUT2D eigenvalue weighted by atomic mass is 16.2. The molecule has 2 nitrogen and oxygen atoms in total. The van der Waals surface area contributed by atoms with Crippen LogP contribution < -0.4 is 0 Å². The summed E-state index contributed by atoms with van der Waals surface area (Å²) >= 11 is 0. The van der Waals surface area contributed by atoms with E-state index in [1.54, 1.807) is 0 Å². The molecule has 1 saturated carbocycles. The molecule has 0 bridgehead atoms. The van der Waals surface area contributed by atoms with Crippen molar-refractivity contribution in [2.45, 2.75) is 26.7 Å². The quantitative estimate of drug-likeness (QED) is 0.462. The van der Waals surface area contributed by atoms with Crippen LogP contribution in [0.3, 0.4) is 0 Å². The van der Waals surface area contributed by atoms with Gasteiger partial charge in [-0.25, -0.2) is 0 Å². The predicted octanol–water partition coefficient (Wildman–Crippen LogP) is 1.75. The lowest BCUT2D eigenvalue weighted by molar-refractivity contribution is -0.134. The Bertz CT molecular complexity index is 216. The number of carbonyl (C=O) groups is 2. The van der Waals surface area contributed by atoms with E-state index in [2.05, 4.69) is 6.58 Å².